The maximum atomic E-state index is 13.0. The number of carbonyl (C=O) groups is 1. The first-order valence-electron chi connectivity index (χ1n) is 10.0. The van der Waals surface area contributed by atoms with Crippen molar-refractivity contribution in [1.29, 1.82) is 0 Å². The van der Waals surface area contributed by atoms with Gasteiger partial charge in [0.1, 0.15) is 5.75 Å². The Bertz CT molecular complexity index is 938. The number of nitrogens with one attached hydrogen (secondary N) is 1. The third-order valence-electron chi connectivity index (χ3n) is 5.45. The number of hydrogen-bond donors (Lipinski definition) is 1. The molecule has 0 spiro atoms. The van der Waals surface area contributed by atoms with E-state index >= 15 is 0 Å². The van der Waals surface area contributed by atoms with Gasteiger partial charge in [-0.1, -0.05) is 30.3 Å². The minimum Gasteiger partial charge on any atom is -0.497 e. The summed E-state index contributed by atoms with van der Waals surface area (Å²) in [5.41, 5.74) is 4.28. The van der Waals surface area contributed by atoms with Crippen LogP contribution in [0, 0.1) is 5.92 Å². The van der Waals surface area contributed by atoms with Crippen molar-refractivity contribution in [3.8, 4) is 16.9 Å². The molecule has 0 saturated carbocycles. The number of rotatable bonds is 6. The highest BCUT2D eigenvalue weighted by molar-refractivity contribution is 7.07. The van der Waals surface area contributed by atoms with Crippen molar-refractivity contribution >= 4 is 22.9 Å². The largest absolute Gasteiger partial charge is 0.497 e. The standard InChI is InChI=1S/C24H26N2O2S/c1-28-21-10-8-19(9-11-21)22-6-2-3-7-23(22)25-24(27)20-5-4-13-26(16-20)15-18-12-14-29-17-18/h2-3,6-12,14,17,20H,4-5,13,15-16H2,1H3,(H,25,27)/t20-/m1/s1. The molecule has 0 radical (unpaired) electrons. The van der Waals surface area contributed by atoms with E-state index in [0.29, 0.717) is 0 Å². The van der Waals surface area contributed by atoms with E-state index in [9.17, 15) is 4.79 Å². The van der Waals surface area contributed by atoms with Gasteiger partial charge in [-0.3, -0.25) is 9.69 Å². The highest BCUT2D eigenvalue weighted by atomic mass is 32.1. The van der Waals surface area contributed by atoms with Crippen LogP contribution in [-0.4, -0.2) is 31.0 Å². The summed E-state index contributed by atoms with van der Waals surface area (Å²) in [5, 5.41) is 7.49. The van der Waals surface area contributed by atoms with Gasteiger partial charge >= 0.3 is 0 Å². The Hall–Kier alpha value is -2.63. The normalized spacial score (nSPS) is 17.1. The number of piperidine rings is 1. The summed E-state index contributed by atoms with van der Waals surface area (Å²) in [7, 11) is 1.66. The van der Waals surface area contributed by atoms with Gasteiger partial charge in [0.05, 0.1) is 13.0 Å². The number of likely N-dealkylation sites (tertiary alicyclic amines) is 1. The van der Waals surface area contributed by atoms with Gasteiger partial charge in [-0.15, -0.1) is 0 Å². The van der Waals surface area contributed by atoms with Gasteiger partial charge in [0.15, 0.2) is 0 Å². The van der Waals surface area contributed by atoms with E-state index in [0.717, 1.165) is 55.0 Å². The molecule has 150 valence electrons. The minimum absolute atomic E-state index is 0.0197. The van der Waals surface area contributed by atoms with Gasteiger partial charge in [0.2, 0.25) is 5.91 Å². The number of hydrogen-bond acceptors (Lipinski definition) is 4. The molecule has 3 aromatic rings. The predicted molar refractivity (Wildman–Crippen MR) is 119 cm³/mol. The second-order valence-electron chi connectivity index (χ2n) is 7.47. The van der Waals surface area contributed by atoms with Crippen LogP contribution in [0.25, 0.3) is 11.1 Å². The van der Waals surface area contributed by atoms with Crippen molar-refractivity contribution in [3.05, 3.63) is 70.9 Å². The van der Waals surface area contributed by atoms with Gasteiger partial charge in [-0.2, -0.15) is 11.3 Å². The molecule has 0 bridgehead atoms. The number of carbonyl (C=O) groups excluding carboxylic acids is 1. The van der Waals surface area contributed by atoms with E-state index in [1.807, 2.05) is 48.5 Å². The molecule has 29 heavy (non-hydrogen) atoms. The lowest BCUT2D eigenvalue weighted by molar-refractivity contribution is -0.121. The van der Waals surface area contributed by atoms with Crippen LogP contribution in [0.2, 0.25) is 0 Å². The van der Waals surface area contributed by atoms with Crippen LogP contribution in [0.3, 0.4) is 0 Å². The van der Waals surface area contributed by atoms with Crippen molar-refractivity contribution < 1.29 is 9.53 Å². The quantitative estimate of drug-likeness (QED) is 0.606. The number of ether oxygens (including phenoxy) is 1. The maximum Gasteiger partial charge on any atom is 0.228 e. The number of nitrogens with zero attached hydrogens (tertiary/aromatic N) is 1. The zero-order valence-corrected chi connectivity index (χ0v) is 17.5. The Morgan fingerprint density at radius 2 is 2.00 bits per heavy atom. The lowest BCUT2D eigenvalue weighted by atomic mass is 9.96. The fourth-order valence-electron chi connectivity index (χ4n) is 3.90. The summed E-state index contributed by atoms with van der Waals surface area (Å²) in [4.78, 5) is 15.4. The fraction of sp³-hybridized carbons (Fsp3) is 0.292. The van der Waals surface area contributed by atoms with Crippen LogP contribution in [0.1, 0.15) is 18.4 Å². The van der Waals surface area contributed by atoms with Crippen molar-refractivity contribution in [2.45, 2.75) is 19.4 Å². The molecule has 1 N–H and O–H groups in total. The van der Waals surface area contributed by atoms with E-state index in [4.69, 9.17) is 4.74 Å². The fourth-order valence-corrected chi connectivity index (χ4v) is 4.56. The number of thiophene rings is 1. The summed E-state index contributed by atoms with van der Waals surface area (Å²) in [6.07, 6.45) is 2.00. The Balaban J connectivity index is 1.45. The van der Waals surface area contributed by atoms with Crippen LogP contribution >= 0.6 is 11.3 Å². The summed E-state index contributed by atoms with van der Waals surface area (Å²) >= 11 is 1.72. The van der Waals surface area contributed by atoms with Gasteiger partial charge in [0.25, 0.3) is 0 Å². The third kappa shape index (κ3) is 4.86. The van der Waals surface area contributed by atoms with Crippen molar-refractivity contribution in [2.75, 3.05) is 25.5 Å². The number of para-hydroxylation sites is 1. The van der Waals surface area contributed by atoms with E-state index in [-0.39, 0.29) is 11.8 Å². The summed E-state index contributed by atoms with van der Waals surface area (Å²) in [6.45, 7) is 2.80. The molecule has 1 aliphatic heterocycles. The highest BCUT2D eigenvalue weighted by Crippen LogP contribution is 2.30. The van der Waals surface area contributed by atoms with E-state index in [1.165, 1.54) is 5.56 Å². The first-order valence-corrected chi connectivity index (χ1v) is 10.9. The number of anilines is 1. The highest BCUT2D eigenvalue weighted by Gasteiger charge is 2.26. The molecule has 1 amide bonds. The number of benzene rings is 2. The SMILES string of the molecule is COc1ccc(-c2ccccc2NC(=O)[C@@H]2CCCN(Cc3ccsc3)C2)cc1. The molecule has 1 fully saturated rings. The molecule has 1 atom stereocenters. The first kappa shape index (κ1) is 19.7. The van der Waals surface area contributed by atoms with Gasteiger partial charge in [-0.25, -0.2) is 0 Å². The lowest BCUT2D eigenvalue weighted by Gasteiger charge is -2.32. The van der Waals surface area contributed by atoms with E-state index in [2.05, 4.69) is 27.0 Å². The van der Waals surface area contributed by atoms with Crippen LogP contribution < -0.4 is 10.1 Å². The van der Waals surface area contributed by atoms with Crippen molar-refractivity contribution in [2.24, 2.45) is 5.92 Å². The molecular formula is C24H26N2O2S. The predicted octanol–water partition coefficient (Wildman–Crippen LogP) is 5.27. The van der Waals surface area contributed by atoms with Crippen LogP contribution in [0.4, 0.5) is 5.69 Å². The third-order valence-corrected chi connectivity index (χ3v) is 6.18. The van der Waals surface area contributed by atoms with Gasteiger partial charge in [0, 0.05) is 24.3 Å². The molecule has 0 aliphatic carbocycles. The molecule has 1 saturated heterocycles. The number of amides is 1. The maximum absolute atomic E-state index is 13.0. The second kappa shape index (κ2) is 9.25. The Kier molecular flexibility index (Phi) is 6.27. The molecule has 1 aromatic heterocycles. The van der Waals surface area contributed by atoms with Crippen LogP contribution in [0.5, 0.6) is 5.75 Å². The van der Waals surface area contributed by atoms with Crippen molar-refractivity contribution in [3.63, 3.8) is 0 Å². The average Bonchev–Trinajstić information content (AvgIpc) is 3.27. The smallest absolute Gasteiger partial charge is 0.228 e. The van der Waals surface area contributed by atoms with Crippen LogP contribution in [0.15, 0.2) is 65.4 Å². The Labute approximate surface area is 176 Å². The van der Waals surface area contributed by atoms with Gasteiger partial charge in [-0.05, 0) is 65.5 Å². The average molecular weight is 407 g/mol. The zero-order valence-electron chi connectivity index (χ0n) is 16.6. The summed E-state index contributed by atoms with van der Waals surface area (Å²) < 4.78 is 5.25. The van der Waals surface area contributed by atoms with Gasteiger partial charge < -0.3 is 10.1 Å². The zero-order chi connectivity index (χ0) is 20.1. The van der Waals surface area contributed by atoms with E-state index < -0.39 is 0 Å². The molecule has 0 unspecified atom stereocenters. The topological polar surface area (TPSA) is 41.6 Å². The lowest BCUT2D eigenvalue weighted by Crippen LogP contribution is -2.40. The molecule has 4 rings (SSSR count). The molecule has 2 heterocycles. The summed E-state index contributed by atoms with van der Waals surface area (Å²) in [6, 6.07) is 18.1. The molecule has 2 aromatic carbocycles. The van der Waals surface area contributed by atoms with Crippen LogP contribution in [-0.2, 0) is 11.3 Å². The monoisotopic (exact) mass is 406 g/mol. The second-order valence-corrected chi connectivity index (χ2v) is 8.25. The first-order chi connectivity index (χ1) is 14.2. The number of methoxy groups -OCH3 is 1. The molecular weight excluding hydrogens is 380 g/mol. The van der Waals surface area contributed by atoms with Crippen molar-refractivity contribution in [1.82, 2.24) is 4.90 Å². The Morgan fingerprint density at radius 3 is 2.76 bits per heavy atom. The molecule has 4 nitrogen and oxygen atoms in total. The Morgan fingerprint density at radius 1 is 1.17 bits per heavy atom. The van der Waals surface area contributed by atoms with E-state index in [1.54, 1.807) is 18.4 Å². The minimum atomic E-state index is 0.0197. The summed E-state index contributed by atoms with van der Waals surface area (Å²) in [5.74, 6) is 0.954. The molecule has 1 aliphatic rings. The molecule has 5 heteroatoms.